The summed E-state index contributed by atoms with van der Waals surface area (Å²) >= 11 is 5.98. The molecule has 4 aromatic rings. The average molecular weight is 451 g/mol. The van der Waals surface area contributed by atoms with E-state index < -0.39 is 34.6 Å². The van der Waals surface area contributed by atoms with Crippen LogP contribution in [0.15, 0.2) is 66.9 Å². The van der Waals surface area contributed by atoms with Crippen LogP contribution in [0.1, 0.15) is 31.8 Å². The van der Waals surface area contributed by atoms with Crippen LogP contribution in [0, 0.1) is 11.6 Å². The van der Waals surface area contributed by atoms with E-state index in [-0.39, 0.29) is 6.54 Å². The second-order valence-corrected chi connectivity index (χ2v) is 8.15. The Kier molecular flexibility index (Phi) is 5.02. The monoisotopic (exact) mass is 450 g/mol. The van der Waals surface area contributed by atoms with Crippen molar-refractivity contribution in [1.29, 1.82) is 0 Å². The average Bonchev–Trinajstić information content (AvgIpc) is 3.26. The Labute approximate surface area is 187 Å². The molecule has 32 heavy (non-hydrogen) atoms. The maximum Gasteiger partial charge on any atom is 0.264 e. The van der Waals surface area contributed by atoms with Crippen molar-refractivity contribution in [2.24, 2.45) is 0 Å². The summed E-state index contributed by atoms with van der Waals surface area (Å²) in [4.78, 5) is 26.2. The SMILES string of the molecule is O=C1c2c(F)ccc(F)c2C(=O)N1CCc1cn(Cc2ccc(Cl)cc2)c2ccccc12. The van der Waals surface area contributed by atoms with Gasteiger partial charge in [0.2, 0.25) is 0 Å². The van der Waals surface area contributed by atoms with Gasteiger partial charge in [-0.05, 0) is 47.9 Å². The first kappa shape index (κ1) is 20.4. The first-order valence-corrected chi connectivity index (χ1v) is 10.5. The van der Waals surface area contributed by atoms with E-state index in [0.29, 0.717) is 18.0 Å². The van der Waals surface area contributed by atoms with E-state index in [0.717, 1.165) is 39.1 Å². The van der Waals surface area contributed by atoms with Crippen molar-refractivity contribution in [3.63, 3.8) is 0 Å². The van der Waals surface area contributed by atoms with Gasteiger partial charge in [0.25, 0.3) is 11.8 Å². The Balaban J connectivity index is 1.42. The van der Waals surface area contributed by atoms with Crippen LogP contribution in [0.5, 0.6) is 0 Å². The van der Waals surface area contributed by atoms with E-state index in [1.54, 1.807) is 0 Å². The van der Waals surface area contributed by atoms with Crippen LogP contribution in [-0.2, 0) is 13.0 Å². The molecule has 0 N–H and O–H groups in total. The molecule has 2 heterocycles. The number of carbonyl (C=O) groups excluding carboxylic acids is 2. The van der Waals surface area contributed by atoms with Gasteiger partial charge in [-0.3, -0.25) is 14.5 Å². The van der Waals surface area contributed by atoms with Gasteiger partial charge < -0.3 is 4.57 Å². The van der Waals surface area contributed by atoms with Gasteiger partial charge in [-0.25, -0.2) is 8.78 Å². The molecule has 5 rings (SSSR count). The number of aromatic nitrogens is 1. The number of rotatable bonds is 5. The van der Waals surface area contributed by atoms with Gasteiger partial charge >= 0.3 is 0 Å². The number of halogens is 3. The van der Waals surface area contributed by atoms with Crippen molar-refractivity contribution in [1.82, 2.24) is 9.47 Å². The zero-order chi connectivity index (χ0) is 22.4. The summed E-state index contributed by atoms with van der Waals surface area (Å²) in [6.07, 6.45) is 2.35. The minimum absolute atomic E-state index is 0.0280. The number of hydrogen-bond acceptors (Lipinski definition) is 2. The van der Waals surface area contributed by atoms with Gasteiger partial charge in [-0.1, -0.05) is 41.9 Å². The molecule has 160 valence electrons. The number of imide groups is 1. The Morgan fingerprint density at radius 3 is 2.09 bits per heavy atom. The summed E-state index contributed by atoms with van der Waals surface area (Å²) in [7, 11) is 0. The molecule has 0 unspecified atom stereocenters. The number of hydrogen-bond donors (Lipinski definition) is 0. The lowest BCUT2D eigenvalue weighted by molar-refractivity contribution is 0.0654. The van der Waals surface area contributed by atoms with Crippen LogP contribution >= 0.6 is 11.6 Å². The third kappa shape index (κ3) is 3.37. The first-order valence-electron chi connectivity index (χ1n) is 10.1. The highest BCUT2D eigenvalue weighted by molar-refractivity contribution is 6.30. The third-order valence-corrected chi connectivity index (χ3v) is 6.02. The van der Waals surface area contributed by atoms with Crippen molar-refractivity contribution in [2.45, 2.75) is 13.0 Å². The topological polar surface area (TPSA) is 42.3 Å². The normalized spacial score (nSPS) is 13.3. The van der Waals surface area contributed by atoms with E-state index in [9.17, 15) is 18.4 Å². The van der Waals surface area contributed by atoms with Crippen molar-refractivity contribution >= 4 is 34.3 Å². The fourth-order valence-corrected chi connectivity index (χ4v) is 4.33. The van der Waals surface area contributed by atoms with Crippen molar-refractivity contribution in [2.75, 3.05) is 6.54 Å². The molecule has 0 saturated carbocycles. The largest absolute Gasteiger partial charge is 0.343 e. The summed E-state index contributed by atoms with van der Waals surface area (Å²) in [5, 5.41) is 1.66. The fourth-order valence-electron chi connectivity index (χ4n) is 4.21. The number of benzene rings is 3. The number of carbonyl (C=O) groups is 2. The number of nitrogens with zero attached hydrogens (tertiary/aromatic N) is 2. The maximum absolute atomic E-state index is 14.1. The molecular formula is C25H17ClF2N2O2. The molecule has 4 nitrogen and oxygen atoms in total. The van der Waals surface area contributed by atoms with Gasteiger partial charge in [0, 0.05) is 35.2 Å². The molecule has 1 aromatic heterocycles. The zero-order valence-corrected chi connectivity index (χ0v) is 17.6. The van der Waals surface area contributed by atoms with Crippen molar-refractivity contribution in [3.8, 4) is 0 Å². The Bertz CT molecular complexity index is 1340. The molecule has 0 atom stereocenters. The number of para-hydroxylation sites is 1. The summed E-state index contributed by atoms with van der Waals surface area (Å²) in [6.45, 7) is 0.654. The lowest BCUT2D eigenvalue weighted by Crippen LogP contribution is -2.32. The minimum atomic E-state index is -0.887. The predicted octanol–water partition coefficient (Wildman–Crippen LogP) is 5.46. The van der Waals surface area contributed by atoms with Crippen LogP contribution in [0.25, 0.3) is 10.9 Å². The van der Waals surface area contributed by atoms with Crippen LogP contribution in [-0.4, -0.2) is 27.8 Å². The lowest BCUT2D eigenvalue weighted by Gasteiger charge is -2.13. The van der Waals surface area contributed by atoms with Crippen molar-refractivity contribution in [3.05, 3.63) is 106 Å². The van der Waals surface area contributed by atoms with Gasteiger partial charge in [0.1, 0.15) is 11.6 Å². The summed E-state index contributed by atoms with van der Waals surface area (Å²) in [5.74, 6) is -3.37. The highest BCUT2D eigenvalue weighted by Gasteiger charge is 2.40. The molecule has 0 aliphatic carbocycles. The zero-order valence-electron chi connectivity index (χ0n) is 16.8. The number of amides is 2. The molecular weight excluding hydrogens is 434 g/mol. The molecule has 7 heteroatoms. The quantitative estimate of drug-likeness (QED) is 0.379. The van der Waals surface area contributed by atoms with Gasteiger partial charge in [0.15, 0.2) is 0 Å². The van der Waals surface area contributed by atoms with E-state index in [2.05, 4.69) is 4.57 Å². The van der Waals surface area contributed by atoms with E-state index >= 15 is 0 Å². The van der Waals surface area contributed by atoms with E-state index in [1.165, 1.54) is 0 Å². The van der Waals surface area contributed by atoms with Crippen LogP contribution in [0.2, 0.25) is 5.02 Å². The van der Waals surface area contributed by atoms with Gasteiger partial charge in [-0.2, -0.15) is 0 Å². The van der Waals surface area contributed by atoms with Gasteiger partial charge in [0.05, 0.1) is 11.1 Å². The van der Waals surface area contributed by atoms with Crippen molar-refractivity contribution < 1.29 is 18.4 Å². The summed E-state index contributed by atoms with van der Waals surface area (Å²) < 4.78 is 30.3. The molecule has 0 spiro atoms. The maximum atomic E-state index is 14.1. The second kappa shape index (κ2) is 7.88. The second-order valence-electron chi connectivity index (χ2n) is 7.72. The van der Waals surface area contributed by atoms with Crippen LogP contribution < -0.4 is 0 Å². The molecule has 2 amide bonds. The van der Waals surface area contributed by atoms with Gasteiger partial charge in [-0.15, -0.1) is 0 Å². The van der Waals surface area contributed by atoms with E-state index in [4.69, 9.17) is 11.6 Å². The molecule has 3 aromatic carbocycles. The molecule has 1 aliphatic rings. The fraction of sp³-hybridized carbons (Fsp3) is 0.120. The molecule has 0 saturated heterocycles. The molecule has 1 aliphatic heterocycles. The summed E-state index contributed by atoms with van der Waals surface area (Å²) in [5.41, 5.74) is 2.05. The minimum Gasteiger partial charge on any atom is -0.343 e. The predicted molar refractivity (Wildman–Crippen MR) is 118 cm³/mol. The Hall–Kier alpha value is -3.51. The Morgan fingerprint density at radius 1 is 0.812 bits per heavy atom. The number of fused-ring (bicyclic) bond motifs is 2. The first-order chi connectivity index (χ1) is 15.4. The molecule has 0 bridgehead atoms. The highest BCUT2D eigenvalue weighted by atomic mass is 35.5. The van der Waals surface area contributed by atoms with E-state index in [1.807, 2.05) is 54.7 Å². The smallest absolute Gasteiger partial charge is 0.264 e. The van der Waals surface area contributed by atoms with Crippen LogP contribution in [0.3, 0.4) is 0 Å². The molecule has 0 fully saturated rings. The standard InChI is InChI=1S/C25H17ClF2N2O2/c26-17-7-5-15(6-8-17)13-29-14-16(18-3-1-2-4-21(18)29)11-12-30-24(31)22-19(27)9-10-20(28)23(22)25(30)32/h1-10,14H,11-13H2. The lowest BCUT2D eigenvalue weighted by atomic mass is 10.1. The third-order valence-electron chi connectivity index (χ3n) is 5.76. The summed E-state index contributed by atoms with van der Waals surface area (Å²) in [6, 6.07) is 17.2. The molecule has 0 radical (unpaired) electrons. The van der Waals surface area contributed by atoms with Crippen LogP contribution in [0.4, 0.5) is 8.78 Å². The highest BCUT2D eigenvalue weighted by Crippen LogP contribution is 2.29. The Morgan fingerprint density at radius 2 is 1.44 bits per heavy atom.